The standard InChI is InChI=1S/C27H22O.C14H12/c28-23-13-10-20(11-14-23)16-22-12-15-25-24-9-5-4-8-21(24)18-27(25)26(22)17-19-6-2-1-3-7-19;1-10-5-4-8-13-12-7-3-2-6-11(12)9-14(10)13/h1-15,28H,16-18H2;2-8H,9H2,1H3. The van der Waals surface area contributed by atoms with Crippen LogP contribution in [0, 0.1) is 6.92 Å². The molecule has 0 atom stereocenters. The lowest BCUT2D eigenvalue weighted by Gasteiger charge is -2.16. The number of phenolic OH excluding ortho intramolecular Hbond substituents is 1. The first-order chi connectivity index (χ1) is 20.6. The predicted molar refractivity (Wildman–Crippen MR) is 174 cm³/mol. The minimum absolute atomic E-state index is 0.317. The van der Waals surface area contributed by atoms with E-state index in [1.807, 2.05) is 12.1 Å². The Morgan fingerprint density at radius 3 is 1.76 bits per heavy atom. The highest BCUT2D eigenvalue weighted by molar-refractivity contribution is 5.79. The van der Waals surface area contributed by atoms with E-state index in [0.717, 1.165) is 25.7 Å². The highest BCUT2D eigenvalue weighted by Crippen LogP contribution is 2.41. The zero-order valence-corrected chi connectivity index (χ0v) is 24.0. The number of rotatable bonds is 4. The number of fused-ring (bicyclic) bond motifs is 6. The molecule has 8 rings (SSSR count). The molecule has 0 heterocycles. The maximum Gasteiger partial charge on any atom is 0.115 e. The smallest absolute Gasteiger partial charge is 0.115 e. The van der Waals surface area contributed by atoms with Crippen LogP contribution in [0.25, 0.3) is 22.3 Å². The molecular weight excluding hydrogens is 508 g/mol. The Morgan fingerprint density at radius 1 is 0.476 bits per heavy atom. The summed E-state index contributed by atoms with van der Waals surface area (Å²) in [5.74, 6) is 0.317. The number of aromatic hydroxyl groups is 1. The lowest BCUT2D eigenvalue weighted by molar-refractivity contribution is 0.475. The van der Waals surface area contributed by atoms with E-state index in [1.54, 1.807) is 12.1 Å². The van der Waals surface area contributed by atoms with E-state index in [4.69, 9.17) is 0 Å². The summed E-state index contributed by atoms with van der Waals surface area (Å²) < 4.78 is 0. The Bertz CT molecular complexity index is 1880. The fourth-order valence-corrected chi connectivity index (χ4v) is 6.66. The maximum absolute atomic E-state index is 9.60. The summed E-state index contributed by atoms with van der Waals surface area (Å²) >= 11 is 0. The normalized spacial score (nSPS) is 12.0. The van der Waals surface area contributed by atoms with Crippen LogP contribution in [0.4, 0.5) is 0 Å². The molecule has 0 unspecified atom stereocenters. The number of hydrogen-bond acceptors (Lipinski definition) is 1. The van der Waals surface area contributed by atoms with E-state index < -0.39 is 0 Å². The third-order valence-corrected chi connectivity index (χ3v) is 8.84. The number of phenols is 1. The van der Waals surface area contributed by atoms with Gasteiger partial charge in [0.15, 0.2) is 0 Å². The molecule has 2 aliphatic carbocycles. The SMILES string of the molecule is Cc1cccc2c1Cc1ccccc1-2.Oc1ccc(Cc2ccc3c(c2Cc2ccccc2)Cc2ccccc2-3)cc1. The summed E-state index contributed by atoms with van der Waals surface area (Å²) in [5.41, 5.74) is 18.3. The van der Waals surface area contributed by atoms with Gasteiger partial charge in [-0.05, 0) is 117 Å². The van der Waals surface area contributed by atoms with Crippen LogP contribution in [0.15, 0.2) is 133 Å². The number of hydrogen-bond donors (Lipinski definition) is 1. The van der Waals surface area contributed by atoms with Gasteiger partial charge in [-0.3, -0.25) is 0 Å². The second kappa shape index (κ2) is 11.2. The lowest BCUT2D eigenvalue weighted by atomic mass is 9.89. The third-order valence-electron chi connectivity index (χ3n) is 8.84. The van der Waals surface area contributed by atoms with Crippen LogP contribution < -0.4 is 0 Å². The summed E-state index contributed by atoms with van der Waals surface area (Å²) in [4.78, 5) is 0. The molecule has 0 radical (unpaired) electrons. The van der Waals surface area contributed by atoms with Crippen molar-refractivity contribution in [1.29, 1.82) is 0 Å². The molecule has 0 aromatic heterocycles. The van der Waals surface area contributed by atoms with Crippen LogP contribution in [-0.4, -0.2) is 5.11 Å². The van der Waals surface area contributed by atoms with Crippen molar-refractivity contribution in [1.82, 2.24) is 0 Å². The van der Waals surface area contributed by atoms with Crippen molar-refractivity contribution < 1.29 is 5.11 Å². The van der Waals surface area contributed by atoms with E-state index in [9.17, 15) is 5.11 Å². The molecule has 0 spiro atoms. The molecule has 2 aliphatic rings. The number of benzene rings is 6. The molecule has 0 bridgehead atoms. The zero-order chi connectivity index (χ0) is 28.5. The molecule has 6 aromatic carbocycles. The van der Waals surface area contributed by atoms with Gasteiger partial charge in [-0.2, -0.15) is 0 Å². The molecule has 1 N–H and O–H groups in total. The van der Waals surface area contributed by atoms with Crippen molar-refractivity contribution >= 4 is 0 Å². The highest BCUT2D eigenvalue weighted by atomic mass is 16.3. The quantitative estimate of drug-likeness (QED) is 0.235. The summed E-state index contributed by atoms with van der Waals surface area (Å²) in [7, 11) is 0. The van der Waals surface area contributed by atoms with Crippen LogP contribution in [0.3, 0.4) is 0 Å². The summed E-state index contributed by atoms with van der Waals surface area (Å²) in [6.07, 6.45) is 3.95. The van der Waals surface area contributed by atoms with Gasteiger partial charge in [-0.25, -0.2) is 0 Å². The first kappa shape index (κ1) is 26.0. The minimum atomic E-state index is 0.317. The fraction of sp³-hybridized carbons (Fsp3) is 0.122. The Labute approximate surface area is 248 Å². The number of aryl methyl sites for hydroxylation is 1. The molecule has 6 aromatic rings. The Balaban J connectivity index is 0.000000171. The molecule has 0 saturated heterocycles. The van der Waals surface area contributed by atoms with Gasteiger partial charge in [-0.15, -0.1) is 0 Å². The van der Waals surface area contributed by atoms with E-state index in [0.29, 0.717) is 5.75 Å². The summed E-state index contributed by atoms with van der Waals surface area (Å²) in [6, 6.07) is 47.0. The summed E-state index contributed by atoms with van der Waals surface area (Å²) in [6.45, 7) is 2.20. The molecule has 42 heavy (non-hydrogen) atoms. The van der Waals surface area contributed by atoms with Crippen molar-refractivity contribution in [2.24, 2.45) is 0 Å². The first-order valence-electron chi connectivity index (χ1n) is 14.8. The molecule has 0 saturated carbocycles. The van der Waals surface area contributed by atoms with Gasteiger partial charge in [0.1, 0.15) is 5.75 Å². The molecule has 0 amide bonds. The maximum atomic E-state index is 9.60. The molecular formula is C41H34O. The third kappa shape index (κ3) is 5.03. The topological polar surface area (TPSA) is 20.2 Å². The minimum Gasteiger partial charge on any atom is -0.508 e. The van der Waals surface area contributed by atoms with Gasteiger partial charge in [0.25, 0.3) is 0 Å². The van der Waals surface area contributed by atoms with Crippen LogP contribution >= 0.6 is 0 Å². The van der Waals surface area contributed by atoms with E-state index >= 15 is 0 Å². The van der Waals surface area contributed by atoms with E-state index in [-0.39, 0.29) is 0 Å². The van der Waals surface area contributed by atoms with Crippen molar-refractivity contribution in [3.63, 3.8) is 0 Å². The second-order valence-electron chi connectivity index (χ2n) is 11.5. The van der Waals surface area contributed by atoms with Gasteiger partial charge < -0.3 is 5.11 Å². The van der Waals surface area contributed by atoms with Gasteiger partial charge in [0.05, 0.1) is 0 Å². The molecule has 0 fully saturated rings. The monoisotopic (exact) mass is 542 g/mol. The van der Waals surface area contributed by atoms with Crippen molar-refractivity contribution in [3.8, 4) is 28.0 Å². The van der Waals surface area contributed by atoms with Crippen molar-refractivity contribution in [3.05, 3.63) is 184 Å². The van der Waals surface area contributed by atoms with Gasteiger partial charge >= 0.3 is 0 Å². The van der Waals surface area contributed by atoms with Gasteiger partial charge in [0, 0.05) is 0 Å². The Morgan fingerprint density at radius 2 is 1.05 bits per heavy atom. The molecule has 1 heteroatoms. The molecule has 1 nitrogen and oxygen atoms in total. The average molecular weight is 543 g/mol. The van der Waals surface area contributed by atoms with E-state index in [1.165, 1.54) is 72.3 Å². The Hall–Kier alpha value is -4.88. The first-order valence-corrected chi connectivity index (χ1v) is 14.8. The zero-order valence-electron chi connectivity index (χ0n) is 24.0. The molecule has 204 valence electrons. The van der Waals surface area contributed by atoms with Gasteiger partial charge in [-0.1, -0.05) is 121 Å². The second-order valence-corrected chi connectivity index (χ2v) is 11.5. The lowest BCUT2D eigenvalue weighted by Crippen LogP contribution is -2.02. The van der Waals surface area contributed by atoms with Crippen LogP contribution in [0.2, 0.25) is 0 Å². The average Bonchev–Trinajstić information content (AvgIpc) is 3.60. The van der Waals surface area contributed by atoms with Crippen LogP contribution in [0.1, 0.15) is 50.1 Å². The van der Waals surface area contributed by atoms with Crippen LogP contribution in [0.5, 0.6) is 5.75 Å². The van der Waals surface area contributed by atoms with Crippen molar-refractivity contribution in [2.45, 2.75) is 32.6 Å². The Kier molecular flexibility index (Phi) is 6.93. The fourth-order valence-electron chi connectivity index (χ4n) is 6.66. The van der Waals surface area contributed by atoms with Crippen molar-refractivity contribution in [2.75, 3.05) is 0 Å². The highest BCUT2D eigenvalue weighted by Gasteiger charge is 2.23. The van der Waals surface area contributed by atoms with Crippen LogP contribution in [-0.2, 0) is 25.7 Å². The summed E-state index contributed by atoms with van der Waals surface area (Å²) in [5, 5.41) is 9.60. The van der Waals surface area contributed by atoms with E-state index in [2.05, 4.69) is 116 Å². The molecule has 0 aliphatic heterocycles. The predicted octanol–water partition coefficient (Wildman–Crippen LogP) is 9.71. The van der Waals surface area contributed by atoms with Gasteiger partial charge in [0.2, 0.25) is 0 Å². The largest absolute Gasteiger partial charge is 0.508 e.